The molecule has 0 unspecified atom stereocenters. The zero-order valence-electron chi connectivity index (χ0n) is 15.5. The van der Waals surface area contributed by atoms with E-state index < -0.39 is 0 Å². The van der Waals surface area contributed by atoms with Crippen LogP contribution in [-0.4, -0.2) is 5.78 Å². The summed E-state index contributed by atoms with van der Waals surface area (Å²) in [5.74, 6) is 0.798. The number of rotatable bonds is 13. The van der Waals surface area contributed by atoms with Crippen LogP contribution in [0.4, 0.5) is 0 Å². The minimum Gasteiger partial charge on any atom is -0.299 e. The molecule has 0 saturated heterocycles. The Morgan fingerprint density at radius 2 is 1.43 bits per heavy atom. The summed E-state index contributed by atoms with van der Waals surface area (Å²) in [6, 6.07) is 10.5. The monoisotopic (exact) mass is 316 g/mol. The van der Waals surface area contributed by atoms with E-state index in [0.717, 1.165) is 12.8 Å². The molecule has 0 saturated carbocycles. The summed E-state index contributed by atoms with van der Waals surface area (Å²) in [4.78, 5) is 12.5. The quantitative estimate of drug-likeness (QED) is 0.375. The molecule has 23 heavy (non-hydrogen) atoms. The largest absolute Gasteiger partial charge is 0.299 e. The zero-order valence-corrected chi connectivity index (χ0v) is 15.5. The van der Waals surface area contributed by atoms with Gasteiger partial charge in [-0.2, -0.15) is 0 Å². The summed E-state index contributed by atoms with van der Waals surface area (Å²) in [6.07, 6.45) is 12.6. The second-order valence-electron chi connectivity index (χ2n) is 7.21. The van der Waals surface area contributed by atoms with Gasteiger partial charge in [-0.05, 0) is 18.4 Å². The van der Waals surface area contributed by atoms with Crippen molar-refractivity contribution in [3.63, 3.8) is 0 Å². The van der Waals surface area contributed by atoms with Crippen LogP contribution in [0.25, 0.3) is 0 Å². The van der Waals surface area contributed by atoms with Crippen LogP contribution in [-0.2, 0) is 11.2 Å². The number of Topliss-reactive ketones (excluding diaryl/α,β-unsaturated/α-hetero) is 1. The average Bonchev–Trinajstić information content (AvgIpc) is 2.56. The van der Waals surface area contributed by atoms with E-state index in [-0.39, 0.29) is 11.8 Å². The van der Waals surface area contributed by atoms with Gasteiger partial charge in [0.1, 0.15) is 5.78 Å². The first-order valence-corrected chi connectivity index (χ1v) is 9.72. The number of unbranched alkanes of at least 4 members (excludes halogenated alkanes) is 7. The maximum atomic E-state index is 12.5. The Balaban J connectivity index is 2.32. The number of carbonyl (C=O) groups excluding carboxylic acids is 1. The number of hydrogen-bond acceptors (Lipinski definition) is 1. The molecule has 0 amide bonds. The van der Waals surface area contributed by atoms with Gasteiger partial charge in [-0.1, -0.05) is 102 Å². The lowest BCUT2D eigenvalue weighted by Crippen LogP contribution is -2.22. The van der Waals surface area contributed by atoms with Crippen LogP contribution in [0.3, 0.4) is 0 Å². The van der Waals surface area contributed by atoms with Crippen molar-refractivity contribution < 1.29 is 4.79 Å². The number of carbonyl (C=O) groups is 1. The lowest BCUT2D eigenvalue weighted by Gasteiger charge is -2.18. The molecule has 0 aromatic heterocycles. The average molecular weight is 317 g/mol. The molecule has 1 atom stereocenters. The summed E-state index contributed by atoms with van der Waals surface area (Å²) in [6.45, 7) is 6.33. The van der Waals surface area contributed by atoms with E-state index in [4.69, 9.17) is 0 Å². The first-order chi connectivity index (χ1) is 11.1. The second kappa shape index (κ2) is 12.3. The van der Waals surface area contributed by atoms with E-state index in [1.54, 1.807) is 0 Å². The Morgan fingerprint density at radius 1 is 0.870 bits per heavy atom. The Kier molecular flexibility index (Phi) is 10.7. The van der Waals surface area contributed by atoms with Gasteiger partial charge in [0.25, 0.3) is 0 Å². The van der Waals surface area contributed by atoms with Crippen LogP contribution in [0, 0.1) is 11.8 Å². The van der Waals surface area contributed by atoms with Crippen molar-refractivity contribution in [1.29, 1.82) is 0 Å². The fourth-order valence-corrected chi connectivity index (χ4v) is 3.24. The van der Waals surface area contributed by atoms with E-state index in [2.05, 4.69) is 31.2 Å². The Labute approximate surface area is 143 Å². The van der Waals surface area contributed by atoms with Crippen LogP contribution in [0.5, 0.6) is 0 Å². The van der Waals surface area contributed by atoms with Gasteiger partial charge in [0.2, 0.25) is 0 Å². The highest BCUT2D eigenvalue weighted by Gasteiger charge is 2.21. The molecule has 1 heteroatoms. The Bertz CT molecular complexity index is 407. The van der Waals surface area contributed by atoms with E-state index in [9.17, 15) is 4.79 Å². The van der Waals surface area contributed by atoms with Crippen LogP contribution in [0.1, 0.15) is 84.1 Å². The molecule has 1 nitrogen and oxygen atoms in total. The van der Waals surface area contributed by atoms with Gasteiger partial charge in [-0.3, -0.25) is 4.79 Å². The van der Waals surface area contributed by atoms with Gasteiger partial charge in [0, 0.05) is 11.8 Å². The van der Waals surface area contributed by atoms with E-state index in [0.29, 0.717) is 5.78 Å². The van der Waals surface area contributed by atoms with Crippen molar-refractivity contribution >= 4 is 5.78 Å². The highest BCUT2D eigenvalue weighted by atomic mass is 16.1. The van der Waals surface area contributed by atoms with Gasteiger partial charge in [0.05, 0.1) is 0 Å². The van der Waals surface area contributed by atoms with Gasteiger partial charge >= 0.3 is 0 Å². The third-order valence-electron chi connectivity index (χ3n) is 4.70. The predicted molar refractivity (Wildman–Crippen MR) is 101 cm³/mol. The molecule has 0 N–H and O–H groups in total. The minimum atomic E-state index is 0.151. The fraction of sp³-hybridized carbons (Fsp3) is 0.682. The van der Waals surface area contributed by atoms with Crippen LogP contribution in [0.15, 0.2) is 30.3 Å². The molecule has 1 rings (SSSR count). The Hall–Kier alpha value is -1.11. The molecule has 0 fully saturated rings. The molecule has 0 aliphatic heterocycles. The molecular weight excluding hydrogens is 280 g/mol. The molecule has 1 aromatic rings. The number of hydrogen-bond donors (Lipinski definition) is 0. The van der Waals surface area contributed by atoms with Crippen LogP contribution < -0.4 is 0 Å². The molecule has 0 heterocycles. The fourth-order valence-electron chi connectivity index (χ4n) is 3.24. The topological polar surface area (TPSA) is 17.1 Å². The van der Waals surface area contributed by atoms with Crippen LogP contribution in [0.2, 0.25) is 0 Å². The highest BCUT2D eigenvalue weighted by molar-refractivity contribution is 5.83. The van der Waals surface area contributed by atoms with Crippen LogP contribution >= 0.6 is 0 Å². The lowest BCUT2D eigenvalue weighted by atomic mass is 9.85. The molecule has 0 radical (unpaired) electrons. The molecule has 0 aliphatic rings. The minimum absolute atomic E-state index is 0.151. The Morgan fingerprint density at radius 3 is 2.00 bits per heavy atom. The van der Waals surface area contributed by atoms with Crippen molar-refractivity contribution in [1.82, 2.24) is 0 Å². The maximum Gasteiger partial charge on any atom is 0.138 e. The standard InChI is InChI=1S/C22H36O/c1-4-5-6-7-8-9-10-14-17-21(22(23)19(2)3)18-20-15-12-11-13-16-20/h11-13,15-16,19,21H,4-10,14,17-18H2,1-3H3/t21-/m1/s1. The first-order valence-electron chi connectivity index (χ1n) is 9.72. The summed E-state index contributed by atoms with van der Waals surface area (Å²) in [7, 11) is 0. The normalized spacial score (nSPS) is 12.5. The van der Waals surface area contributed by atoms with Crippen molar-refractivity contribution in [3.8, 4) is 0 Å². The van der Waals surface area contributed by atoms with Gasteiger partial charge in [-0.25, -0.2) is 0 Å². The van der Waals surface area contributed by atoms with E-state index >= 15 is 0 Å². The van der Waals surface area contributed by atoms with E-state index in [1.165, 1.54) is 56.9 Å². The summed E-state index contributed by atoms with van der Waals surface area (Å²) in [5, 5.41) is 0. The van der Waals surface area contributed by atoms with Crippen molar-refractivity contribution in [2.45, 2.75) is 85.0 Å². The summed E-state index contributed by atoms with van der Waals surface area (Å²) >= 11 is 0. The molecule has 0 spiro atoms. The third-order valence-corrected chi connectivity index (χ3v) is 4.70. The smallest absolute Gasteiger partial charge is 0.138 e. The predicted octanol–water partition coefficient (Wildman–Crippen LogP) is 6.60. The molecular formula is C22H36O. The van der Waals surface area contributed by atoms with Gasteiger partial charge in [0.15, 0.2) is 0 Å². The maximum absolute atomic E-state index is 12.5. The molecule has 130 valence electrons. The zero-order chi connectivity index (χ0) is 16.9. The van der Waals surface area contributed by atoms with E-state index in [1.807, 2.05) is 19.9 Å². The second-order valence-corrected chi connectivity index (χ2v) is 7.21. The van der Waals surface area contributed by atoms with Gasteiger partial charge < -0.3 is 0 Å². The molecule has 0 bridgehead atoms. The summed E-state index contributed by atoms with van der Waals surface area (Å²) < 4.78 is 0. The van der Waals surface area contributed by atoms with Crippen molar-refractivity contribution in [3.05, 3.63) is 35.9 Å². The third kappa shape index (κ3) is 8.93. The lowest BCUT2D eigenvalue weighted by molar-refractivity contribution is -0.126. The highest BCUT2D eigenvalue weighted by Crippen LogP contribution is 2.21. The van der Waals surface area contributed by atoms with Gasteiger partial charge in [-0.15, -0.1) is 0 Å². The van der Waals surface area contributed by atoms with Crippen molar-refractivity contribution in [2.75, 3.05) is 0 Å². The first kappa shape index (κ1) is 19.9. The van der Waals surface area contributed by atoms with Crippen molar-refractivity contribution in [2.24, 2.45) is 11.8 Å². The molecule has 0 aliphatic carbocycles. The summed E-state index contributed by atoms with van der Waals surface area (Å²) in [5.41, 5.74) is 1.30. The number of ketones is 1. The molecule has 1 aromatic carbocycles. The SMILES string of the molecule is CCCCCCCCCC[C@H](Cc1ccccc1)C(=O)C(C)C. The number of benzene rings is 1.